The topological polar surface area (TPSA) is 96.2 Å². The molecule has 10 heteroatoms. The van der Waals surface area contributed by atoms with Gasteiger partial charge in [-0.3, -0.25) is 0 Å². The van der Waals surface area contributed by atoms with Gasteiger partial charge in [0.15, 0.2) is 5.65 Å². The Morgan fingerprint density at radius 1 is 1.10 bits per heavy atom. The van der Waals surface area contributed by atoms with Crippen LogP contribution in [0.25, 0.3) is 11.0 Å². The van der Waals surface area contributed by atoms with Crippen LogP contribution < -0.4 is 5.32 Å². The number of aromatic nitrogens is 4. The lowest BCUT2D eigenvalue weighted by molar-refractivity contribution is 0.198. The fourth-order valence-corrected chi connectivity index (χ4v) is 5.58. The maximum atomic E-state index is 11.8. The maximum Gasteiger partial charge on any atom is 0.224 e. The summed E-state index contributed by atoms with van der Waals surface area (Å²) in [5.41, 5.74) is 0.821. The van der Waals surface area contributed by atoms with Crippen LogP contribution in [0.4, 0.5) is 5.95 Å². The second-order valence-electron chi connectivity index (χ2n) is 8.97. The molecule has 0 atom stereocenters. The first-order chi connectivity index (χ1) is 14.3. The van der Waals surface area contributed by atoms with E-state index in [4.69, 9.17) is 4.98 Å². The zero-order valence-corrected chi connectivity index (χ0v) is 19.0. The minimum absolute atomic E-state index is 0.157. The van der Waals surface area contributed by atoms with Crippen LogP contribution in [-0.2, 0) is 10.0 Å². The standard InChI is InChI=1S/C20H33N7O2S/c1-25(2)17-6-4-15(5-7-17)12-21-20-22-13-16-14-23-27(19(16)24-20)18-8-10-26(11-9-18)30(3,28)29/h13-15,17-18H,4-12H2,1-3H3,(H,21,22,24). The molecule has 3 heterocycles. The van der Waals surface area contributed by atoms with Gasteiger partial charge in [0, 0.05) is 31.9 Å². The lowest BCUT2D eigenvalue weighted by Crippen LogP contribution is -2.38. The first kappa shape index (κ1) is 21.5. The number of piperidine rings is 1. The molecule has 4 rings (SSSR count). The van der Waals surface area contributed by atoms with Crippen molar-refractivity contribution >= 4 is 27.0 Å². The predicted octanol–water partition coefficient (Wildman–Crippen LogP) is 1.96. The van der Waals surface area contributed by atoms with Gasteiger partial charge in [-0.05, 0) is 58.5 Å². The molecule has 1 saturated heterocycles. The Morgan fingerprint density at radius 3 is 2.43 bits per heavy atom. The second-order valence-corrected chi connectivity index (χ2v) is 11.0. The molecule has 9 nitrogen and oxygen atoms in total. The Balaban J connectivity index is 1.39. The van der Waals surface area contributed by atoms with Crippen molar-refractivity contribution in [1.29, 1.82) is 0 Å². The molecule has 1 saturated carbocycles. The third-order valence-electron chi connectivity index (χ3n) is 6.67. The van der Waals surface area contributed by atoms with Crippen LogP contribution >= 0.6 is 0 Å². The van der Waals surface area contributed by atoms with E-state index in [1.807, 2.05) is 10.9 Å². The summed E-state index contributed by atoms with van der Waals surface area (Å²) in [6.07, 6.45) is 11.3. The summed E-state index contributed by atoms with van der Waals surface area (Å²) in [5, 5.41) is 8.88. The SMILES string of the molecule is CN(C)C1CCC(CNc2ncc3cnn(C4CCN(S(C)(=O)=O)CC4)c3n2)CC1. The fourth-order valence-electron chi connectivity index (χ4n) is 4.71. The monoisotopic (exact) mass is 435 g/mol. The molecular weight excluding hydrogens is 402 g/mol. The average molecular weight is 436 g/mol. The highest BCUT2D eigenvalue weighted by Crippen LogP contribution is 2.28. The molecule has 0 aromatic carbocycles. The van der Waals surface area contributed by atoms with Gasteiger partial charge in [-0.2, -0.15) is 10.1 Å². The molecule has 1 N–H and O–H groups in total. The number of nitrogens with one attached hydrogen (secondary N) is 1. The molecule has 1 aliphatic carbocycles. The summed E-state index contributed by atoms with van der Waals surface area (Å²) < 4.78 is 27.0. The fraction of sp³-hybridized carbons (Fsp3) is 0.750. The largest absolute Gasteiger partial charge is 0.354 e. The van der Waals surface area contributed by atoms with Crippen molar-refractivity contribution in [3.8, 4) is 0 Å². The highest BCUT2D eigenvalue weighted by molar-refractivity contribution is 7.88. The van der Waals surface area contributed by atoms with Crippen LogP contribution in [0.5, 0.6) is 0 Å². The minimum Gasteiger partial charge on any atom is -0.354 e. The Hall–Kier alpha value is -1.78. The molecular formula is C20H33N7O2S. The van der Waals surface area contributed by atoms with Gasteiger partial charge in [-0.1, -0.05) is 0 Å². The van der Waals surface area contributed by atoms with Crippen molar-refractivity contribution < 1.29 is 8.42 Å². The molecule has 2 fully saturated rings. The molecule has 1 aliphatic heterocycles. The summed E-state index contributed by atoms with van der Waals surface area (Å²) in [6.45, 7) is 1.94. The van der Waals surface area contributed by atoms with Crippen molar-refractivity contribution in [1.82, 2.24) is 29.0 Å². The third kappa shape index (κ3) is 4.76. The summed E-state index contributed by atoms with van der Waals surface area (Å²) >= 11 is 0. The molecule has 2 aliphatic rings. The number of anilines is 1. The van der Waals surface area contributed by atoms with Gasteiger partial charge in [0.1, 0.15) is 0 Å². The van der Waals surface area contributed by atoms with E-state index in [2.05, 4.69) is 34.4 Å². The van der Waals surface area contributed by atoms with Gasteiger partial charge < -0.3 is 10.2 Å². The number of rotatable bonds is 6. The van der Waals surface area contributed by atoms with Crippen LogP contribution in [0, 0.1) is 5.92 Å². The van der Waals surface area contributed by atoms with E-state index >= 15 is 0 Å². The van der Waals surface area contributed by atoms with E-state index in [-0.39, 0.29) is 6.04 Å². The maximum absolute atomic E-state index is 11.8. The van der Waals surface area contributed by atoms with Crippen LogP contribution in [0.1, 0.15) is 44.6 Å². The Morgan fingerprint density at radius 2 is 1.80 bits per heavy atom. The quantitative estimate of drug-likeness (QED) is 0.741. The molecule has 30 heavy (non-hydrogen) atoms. The van der Waals surface area contributed by atoms with E-state index in [1.54, 1.807) is 10.5 Å². The molecule has 0 spiro atoms. The summed E-state index contributed by atoms with van der Waals surface area (Å²) in [6, 6.07) is 0.863. The molecule has 0 radical (unpaired) electrons. The zero-order chi connectivity index (χ0) is 21.3. The van der Waals surface area contributed by atoms with Crippen molar-refractivity contribution in [2.75, 3.05) is 45.3 Å². The normalized spacial score (nSPS) is 24.5. The molecule has 0 amide bonds. The van der Waals surface area contributed by atoms with Gasteiger partial charge >= 0.3 is 0 Å². The second kappa shape index (κ2) is 8.76. The number of fused-ring (bicyclic) bond motifs is 1. The number of nitrogens with zero attached hydrogens (tertiary/aromatic N) is 6. The van der Waals surface area contributed by atoms with Gasteiger partial charge in [0.2, 0.25) is 16.0 Å². The zero-order valence-electron chi connectivity index (χ0n) is 18.2. The van der Waals surface area contributed by atoms with Crippen molar-refractivity contribution in [3.05, 3.63) is 12.4 Å². The van der Waals surface area contributed by atoms with Crippen molar-refractivity contribution in [2.45, 2.75) is 50.6 Å². The molecule has 2 aromatic heterocycles. The van der Waals surface area contributed by atoms with Crippen molar-refractivity contribution in [3.63, 3.8) is 0 Å². The third-order valence-corrected chi connectivity index (χ3v) is 7.97. The van der Waals surface area contributed by atoms with Gasteiger partial charge in [0.05, 0.1) is 23.9 Å². The Bertz CT molecular complexity index is 959. The van der Waals surface area contributed by atoms with E-state index < -0.39 is 10.0 Å². The van der Waals surface area contributed by atoms with E-state index in [9.17, 15) is 8.42 Å². The van der Waals surface area contributed by atoms with Crippen molar-refractivity contribution in [2.24, 2.45) is 5.92 Å². The Labute approximate surface area is 178 Å². The highest BCUT2D eigenvalue weighted by Gasteiger charge is 2.27. The molecule has 0 unspecified atom stereocenters. The predicted molar refractivity (Wildman–Crippen MR) is 118 cm³/mol. The van der Waals surface area contributed by atoms with Crippen LogP contribution in [0.2, 0.25) is 0 Å². The smallest absolute Gasteiger partial charge is 0.224 e. The lowest BCUT2D eigenvalue weighted by Gasteiger charge is -2.32. The summed E-state index contributed by atoms with van der Waals surface area (Å²) in [4.78, 5) is 11.5. The summed E-state index contributed by atoms with van der Waals surface area (Å²) in [7, 11) is 1.21. The van der Waals surface area contributed by atoms with Gasteiger partial charge in [0.25, 0.3) is 0 Å². The average Bonchev–Trinajstić information content (AvgIpc) is 3.15. The number of hydrogen-bond donors (Lipinski definition) is 1. The van der Waals surface area contributed by atoms with E-state index in [1.165, 1.54) is 31.9 Å². The Kier molecular flexibility index (Phi) is 6.26. The van der Waals surface area contributed by atoms with Crippen LogP contribution in [0.15, 0.2) is 12.4 Å². The van der Waals surface area contributed by atoms with E-state index in [0.717, 1.165) is 30.4 Å². The van der Waals surface area contributed by atoms with Gasteiger partial charge in [-0.25, -0.2) is 22.4 Å². The first-order valence-electron chi connectivity index (χ1n) is 10.9. The number of sulfonamides is 1. The minimum atomic E-state index is -3.13. The highest BCUT2D eigenvalue weighted by atomic mass is 32.2. The van der Waals surface area contributed by atoms with Crippen LogP contribution in [-0.4, -0.2) is 83.4 Å². The lowest BCUT2D eigenvalue weighted by atomic mass is 9.85. The van der Waals surface area contributed by atoms with E-state index in [0.29, 0.717) is 31.0 Å². The first-order valence-corrected chi connectivity index (χ1v) is 12.7. The molecule has 0 bridgehead atoms. The van der Waals surface area contributed by atoms with Crippen LogP contribution in [0.3, 0.4) is 0 Å². The van der Waals surface area contributed by atoms with Gasteiger partial charge in [-0.15, -0.1) is 0 Å². The number of hydrogen-bond acceptors (Lipinski definition) is 7. The molecule has 166 valence electrons. The summed E-state index contributed by atoms with van der Waals surface area (Å²) in [5.74, 6) is 1.30. The molecule has 2 aromatic rings.